The summed E-state index contributed by atoms with van der Waals surface area (Å²) in [6.45, 7) is 2.56. The molecule has 4 aliphatic rings. The van der Waals surface area contributed by atoms with Crippen LogP contribution in [0.25, 0.3) is 0 Å². The maximum atomic E-state index is 12.2. The molecule has 2 unspecified atom stereocenters. The third-order valence-corrected chi connectivity index (χ3v) is 8.67. The highest BCUT2D eigenvalue weighted by atomic mass is 16.5. The average Bonchev–Trinajstić information content (AvgIpc) is 2.96. The fourth-order valence-corrected chi connectivity index (χ4v) is 6.73. The molecule has 32 heavy (non-hydrogen) atoms. The van der Waals surface area contributed by atoms with E-state index in [2.05, 4.69) is 42.0 Å². The molecule has 168 valence electrons. The van der Waals surface area contributed by atoms with Crippen LogP contribution in [-0.4, -0.2) is 37.2 Å². The maximum Gasteiger partial charge on any atom is 0.156 e. The van der Waals surface area contributed by atoms with Gasteiger partial charge in [-0.15, -0.1) is 6.42 Å². The lowest BCUT2D eigenvalue weighted by molar-refractivity contribution is -0.114. The number of nitrogens with zero attached hydrogens (tertiary/aromatic N) is 1. The second-order valence-corrected chi connectivity index (χ2v) is 10.5. The molecule has 2 fully saturated rings. The quantitative estimate of drug-likeness (QED) is 0.696. The van der Waals surface area contributed by atoms with E-state index in [-0.39, 0.29) is 17.8 Å². The summed E-state index contributed by atoms with van der Waals surface area (Å²) in [6.07, 6.45) is 12.3. The number of allylic oxidation sites excluding steroid dienone is 3. The van der Waals surface area contributed by atoms with Gasteiger partial charge in [0.25, 0.3) is 0 Å². The average molecular weight is 432 g/mol. The Labute approximate surface area is 191 Å². The smallest absolute Gasteiger partial charge is 0.156 e. The third-order valence-electron chi connectivity index (χ3n) is 8.67. The first kappa shape index (κ1) is 21.5. The molecule has 0 spiro atoms. The van der Waals surface area contributed by atoms with Crippen LogP contribution in [0.2, 0.25) is 0 Å². The van der Waals surface area contributed by atoms with Crippen LogP contribution in [0.1, 0.15) is 57.1 Å². The van der Waals surface area contributed by atoms with Crippen molar-refractivity contribution in [1.29, 1.82) is 0 Å². The zero-order valence-electron chi connectivity index (χ0n) is 19.4. The van der Waals surface area contributed by atoms with Crippen LogP contribution < -0.4 is 4.90 Å². The molecule has 0 amide bonds. The van der Waals surface area contributed by atoms with Gasteiger partial charge in [0.05, 0.1) is 6.61 Å². The highest BCUT2D eigenvalue weighted by Gasteiger charge is 2.61. The van der Waals surface area contributed by atoms with E-state index in [1.165, 1.54) is 16.7 Å². The van der Waals surface area contributed by atoms with Gasteiger partial charge in [0.1, 0.15) is 11.7 Å². The number of fused-ring (bicyclic) bond motifs is 4. The zero-order valence-corrected chi connectivity index (χ0v) is 19.4. The van der Waals surface area contributed by atoms with Gasteiger partial charge in [-0.3, -0.25) is 4.79 Å². The van der Waals surface area contributed by atoms with Crippen LogP contribution in [0.15, 0.2) is 47.1 Å². The van der Waals surface area contributed by atoms with E-state index >= 15 is 0 Å². The number of anilines is 1. The molecule has 1 heterocycles. The van der Waals surface area contributed by atoms with E-state index in [1.807, 2.05) is 20.2 Å². The zero-order chi connectivity index (χ0) is 22.7. The second kappa shape index (κ2) is 7.61. The molecule has 0 bridgehead atoms. The third kappa shape index (κ3) is 3.10. The Bertz CT molecular complexity index is 1040. The van der Waals surface area contributed by atoms with E-state index in [9.17, 15) is 9.90 Å². The Morgan fingerprint density at radius 3 is 2.59 bits per heavy atom. The SMILES string of the molecule is C#C[C@]1(O)CCC2C3CCC4=CC(=O)CCC4=C3[C@@H](c3ccc(N(C)C)cc3)OC[C@@]21C. The standard InChI is InChI=1S/C28H33NO3/c1-5-28(31)15-14-24-23-12-8-19-16-21(30)11-13-22(19)25(23)26(32-17-27(24,28)2)18-6-9-20(10-7-18)29(3)4/h1,6-7,9-10,16,23-24,26,31H,8,11-15,17H2,2-4H3/t23?,24?,26-,27+,28+/m1/s1. The van der Waals surface area contributed by atoms with Crippen molar-refractivity contribution in [2.24, 2.45) is 17.3 Å². The number of rotatable bonds is 2. The predicted octanol–water partition coefficient (Wildman–Crippen LogP) is 4.60. The van der Waals surface area contributed by atoms with E-state index < -0.39 is 11.0 Å². The van der Waals surface area contributed by atoms with E-state index in [1.54, 1.807) is 0 Å². The van der Waals surface area contributed by atoms with Crippen LogP contribution >= 0.6 is 0 Å². The monoisotopic (exact) mass is 431 g/mol. The first-order valence-electron chi connectivity index (χ1n) is 11.8. The molecule has 1 aliphatic heterocycles. The topological polar surface area (TPSA) is 49.8 Å². The number of ketones is 1. The van der Waals surface area contributed by atoms with Gasteiger partial charge in [-0.1, -0.05) is 25.0 Å². The lowest BCUT2D eigenvalue weighted by Gasteiger charge is -2.42. The normalized spacial score (nSPS) is 36.4. The minimum atomic E-state index is -1.14. The minimum Gasteiger partial charge on any atom is -0.378 e. The van der Waals surface area contributed by atoms with Crippen LogP contribution in [0, 0.1) is 29.6 Å². The first-order valence-corrected chi connectivity index (χ1v) is 11.8. The molecule has 1 aromatic carbocycles. The summed E-state index contributed by atoms with van der Waals surface area (Å²) in [5.41, 5.74) is 4.51. The number of hydrogen-bond acceptors (Lipinski definition) is 4. The van der Waals surface area contributed by atoms with Gasteiger partial charge >= 0.3 is 0 Å². The summed E-state index contributed by atoms with van der Waals surface area (Å²) < 4.78 is 6.71. The number of benzene rings is 1. The Morgan fingerprint density at radius 1 is 1.16 bits per heavy atom. The van der Waals surface area contributed by atoms with Crippen molar-refractivity contribution < 1.29 is 14.6 Å². The van der Waals surface area contributed by atoms with Gasteiger partial charge < -0.3 is 14.7 Å². The number of carbonyl (C=O) groups is 1. The van der Waals surface area contributed by atoms with Crippen LogP contribution in [0.3, 0.4) is 0 Å². The maximum absolute atomic E-state index is 12.2. The minimum absolute atomic E-state index is 0.174. The van der Waals surface area contributed by atoms with Crippen molar-refractivity contribution in [3.63, 3.8) is 0 Å². The van der Waals surface area contributed by atoms with Gasteiger partial charge in [0.15, 0.2) is 5.78 Å². The molecule has 0 radical (unpaired) electrons. The van der Waals surface area contributed by atoms with Crippen molar-refractivity contribution in [1.82, 2.24) is 0 Å². The molecular formula is C28H33NO3. The van der Waals surface area contributed by atoms with Crippen molar-refractivity contribution >= 4 is 11.5 Å². The second-order valence-electron chi connectivity index (χ2n) is 10.5. The van der Waals surface area contributed by atoms with Gasteiger partial charge in [-0.2, -0.15) is 0 Å². The lowest BCUT2D eigenvalue weighted by atomic mass is 9.62. The lowest BCUT2D eigenvalue weighted by Crippen LogP contribution is -2.48. The molecule has 1 saturated heterocycles. The molecule has 1 saturated carbocycles. The Hall–Kier alpha value is -2.35. The molecule has 4 nitrogen and oxygen atoms in total. The van der Waals surface area contributed by atoms with Crippen LogP contribution in [0.5, 0.6) is 0 Å². The van der Waals surface area contributed by atoms with E-state index in [0.29, 0.717) is 25.4 Å². The predicted molar refractivity (Wildman–Crippen MR) is 126 cm³/mol. The summed E-state index contributed by atoms with van der Waals surface area (Å²) in [4.78, 5) is 14.3. The Morgan fingerprint density at radius 2 is 1.91 bits per heavy atom. The van der Waals surface area contributed by atoms with Crippen molar-refractivity contribution in [3.05, 3.63) is 52.6 Å². The van der Waals surface area contributed by atoms with E-state index in [4.69, 9.17) is 11.2 Å². The summed E-state index contributed by atoms with van der Waals surface area (Å²) in [6, 6.07) is 8.59. The van der Waals surface area contributed by atoms with Crippen molar-refractivity contribution in [2.75, 3.05) is 25.6 Å². The molecule has 5 rings (SSSR count). The van der Waals surface area contributed by atoms with Crippen LogP contribution in [-0.2, 0) is 9.53 Å². The summed E-state index contributed by atoms with van der Waals surface area (Å²) in [7, 11) is 4.08. The number of aliphatic hydroxyl groups is 1. The molecule has 5 atom stereocenters. The fraction of sp³-hybridized carbons (Fsp3) is 0.536. The molecule has 3 aliphatic carbocycles. The number of hydrogen-bond donors (Lipinski definition) is 1. The number of carbonyl (C=O) groups excluding carboxylic acids is 1. The van der Waals surface area contributed by atoms with Crippen molar-refractivity contribution in [3.8, 4) is 12.3 Å². The summed E-state index contributed by atoms with van der Waals surface area (Å²) >= 11 is 0. The molecular weight excluding hydrogens is 398 g/mol. The molecule has 4 heteroatoms. The molecule has 0 aromatic heterocycles. The van der Waals surface area contributed by atoms with Crippen LogP contribution in [0.4, 0.5) is 5.69 Å². The highest BCUT2D eigenvalue weighted by molar-refractivity contribution is 5.93. The summed E-state index contributed by atoms with van der Waals surface area (Å²) in [5.74, 6) is 3.55. The van der Waals surface area contributed by atoms with Gasteiger partial charge in [0, 0.05) is 31.6 Å². The Kier molecular flexibility index (Phi) is 5.11. The summed E-state index contributed by atoms with van der Waals surface area (Å²) in [5, 5.41) is 11.4. The molecule has 1 aromatic rings. The number of terminal acetylenes is 1. The van der Waals surface area contributed by atoms with Gasteiger partial charge in [0.2, 0.25) is 0 Å². The number of ether oxygens (including phenoxy) is 1. The molecule has 1 N–H and O–H groups in total. The van der Waals surface area contributed by atoms with Gasteiger partial charge in [-0.05, 0) is 84.4 Å². The highest BCUT2D eigenvalue weighted by Crippen LogP contribution is 2.61. The van der Waals surface area contributed by atoms with Gasteiger partial charge in [-0.25, -0.2) is 0 Å². The van der Waals surface area contributed by atoms with E-state index in [0.717, 1.165) is 36.9 Å². The fourth-order valence-electron chi connectivity index (χ4n) is 6.73. The first-order chi connectivity index (χ1) is 15.3. The van der Waals surface area contributed by atoms with Crippen molar-refractivity contribution in [2.45, 2.75) is 57.2 Å². The Balaban J connectivity index is 1.66. The largest absolute Gasteiger partial charge is 0.378 e.